The van der Waals surface area contributed by atoms with Crippen LogP contribution in [0.15, 0.2) is 42.0 Å². The lowest BCUT2D eigenvalue weighted by Gasteiger charge is -2.25. The van der Waals surface area contributed by atoms with Gasteiger partial charge in [0.1, 0.15) is 12.4 Å². The molecule has 1 heterocycles. The molecule has 0 spiro atoms. The normalized spacial score (nSPS) is 14.3. The van der Waals surface area contributed by atoms with E-state index in [1.165, 1.54) is 5.57 Å². The number of rotatable bonds is 7. The predicted molar refractivity (Wildman–Crippen MR) is 90.0 cm³/mol. The molecule has 1 aliphatic heterocycles. The van der Waals surface area contributed by atoms with Crippen molar-refractivity contribution >= 4 is 11.9 Å². The molecule has 0 N–H and O–H groups in total. The van der Waals surface area contributed by atoms with E-state index >= 15 is 0 Å². The van der Waals surface area contributed by atoms with Gasteiger partial charge in [-0.25, -0.2) is 4.79 Å². The van der Waals surface area contributed by atoms with Gasteiger partial charge in [0.05, 0.1) is 0 Å². The fourth-order valence-electron chi connectivity index (χ4n) is 2.62. The number of Topliss-reactive ketones (excluding diaryl/α,β-unsaturated/α-hetero) is 1. The molecule has 0 fully saturated rings. The Labute approximate surface area is 138 Å². The van der Waals surface area contributed by atoms with Crippen LogP contribution >= 0.6 is 0 Å². The van der Waals surface area contributed by atoms with Crippen molar-refractivity contribution in [3.63, 3.8) is 0 Å². The lowest BCUT2D eigenvalue weighted by atomic mass is 10.0. The molecule has 0 aromatic heterocycles. The lowest BCUT2D eigenvalue weighted by molar-refractivity contribution is -0.119. The molecule has 1 aromatic carbocycles. The van der Waals surface area contributed by atoms with Crippen molar-refractivity contribution in [2.75, 3.05) is 13.1 Å². The molecule has 1 amide bonds. The van der Waals surface area contributed by atoms with Crippen molar-refractivity contribution in [1.29, 1.82) is 0 Å². The first-order valence-corrected chi connectivity index (χ1v) is 8.34. The third-order valence-electron chi connectivity index (χ3n) is 4.02. The highest BCUT2D eigenvalue weighted by Gasteiger charge is 2.18. The third-order valence-corrected chi connectivity index (χ3v) is 4.02. The van der Waals surface area contributed by atoms with Gasteiger partial charge in [-0.15, -0.1) is 0 Å². The van der Waals surface area contributed by atoms with Gasteiger partial charge in [-0.3, -0.25) is 4.79 Å². The summed E-state index contributed by atoms with van der Waals surface area (Å²) >= 11 is 0. The van der Waals surface area contributed by atoms with Gasteiger partial charge in [-0.1, -0.05) is 48.9 Å². The van der Waals surface area contributed by atoms with E-state index in [4.69, 9.17) is 4.74 Å². The Kier molecular flexibility index (Phi) is 6.85. The van der Waals surface area contributed by atoms with Gasteiger partial charge in [-0.05, 0) is 24.8 Å². The minimum atomic E-state index is -0.272. The Balaban J connectivity index is 1.72. The molecule has 1 aliphatic rings. The fourth-order valence-corrected chi connectivity index (χ4v) is 2.62. The molecule has 0 saturated carbocycles. The zero-order chi connectivity index (χ0) is 16.5. The van der Waals surface area contributed by atoms with Crippen LogP contribution < -0.4 is 0 Å². The molecule has 0 saturated heterocycles. The summed E-state index contributed by atoms with van der Waals surface area (Å²) in [5.41, 5.74) is 2.27. The monoisotopic (exact) mass is 315 g/mol. The largest absolute Gasteiger partial charge is 0.445 e. The van der Waals surface area contributed by atoms with Gasteiger partial charge in [0.15, 0.2) is 0 Å². The minimum Gasteiger partial charge on any atom is -0.445 e. The van der Waals surface area contributed by atoms with Gasteiger partial charge < -0.3 is 9.64 Å². The van der Waals surface area contributed by atoms with Crippen LogP contribution in [0.1, 0.15) is 44.6 Å². The molecule has 4 heteroatoms. The number of ketones is 1. The molecule has 2 rings (SSSR count). The van der Waals surface area contributed by atoms with Crippen molar-refractivity contribution in [3.8, 4) is 0 Å². The summed E-state index contributed by atoms with van der Waals surface area (Å²) in [6.07, 6.45) is 5.66. The van der Waals surface area contributed by atoms with Crippen LogP contribution in [0.5, 0.6) is 0 Å². The van der Waals surface area contributed by atoms with Crippen LogP contribution in [0, 0.1) is 0 Å². The molecular formula is C19H25NO3. The van der Waals surface area contributed by atoms with Crippen LogP contribution in [-0.2, 0) is 16.1 Å². The predicted octanol–water partition coefficient (Wildman–Crippen LogP) is 4.10. The molecule has 0 bridgehead atoms. The van der Waals surface area contributed by atoms with Gasteiger partial charge >= 0.3 is 6.09 Å². The Bertz CT molecular complexity index is 551. The van der Waals surface area contributed by atoms with Crippen LogP contribution in [0.25, 0.3) is 0 Å². The summed E-state index contributed by atoms with van der Waals surface area (Å²) in [5, 5.41) is 0. The second-order valence-corrected chi connectivity index (χ2v) is 5.89. The van der Waals surface area contributed by atoms with E-state index in [1.807, 2.05) is 37.3 Å². The average Bonchev–Trinajstić information content (AvgIpc) is 2.59. The minimum absolute atomic E-state index is 0.272. The summed E-state index contributed by atoms with van der Waals surface area (Å²) in [6, 6.07) is 9.68. The maximum atomic E-state index is 12.0. The number of benzene rings is 1. The van der Waals surface area contributed by atoms with E-state index in [9.17, 15) is 9.59 Å². The van der Waals surface area contributed by atoms with Crippen LogP contribution in [0.2, 0.25) is 0 Å². The number of hydrogen-bond acceptors (Lipinski definition) is 3. The summed E-state index contributed by atoms with van der Waals surface area (Å²) in [5.74, 6) is 0.332. The fraction of sp³-hybridized carbons (Fsp3) is 0.474. The molecule has 0 radical (unpaired) electrons. The Morgan fingerprint density at radius 3 is 2.61 bits per heavy atom. The molecular weight excluding hydrogens is 290 g/mol. The Hall–Kier alpha value is -2.10. The smallest absolute Gasteiger partial charge is 0.410 e. The van der Waals surface area contributed by atoms with Crippen LogP contribution in [0.3, 0.4) is 0 Å². The van der Waals surface area contributed by atoms with Gasteiger partial charge in [-0.2, -0.15) is 0 Å². The maximum absolute atomic E-state index is 12.0. The van der Waals surface area contributed by atoms with E-state index in [-0.39, 0.29) is 6.09 Å². The molecule has 4 nitrogen and oxygen atoms in total. The first kappa shape index (κ1) is 17.3. The van der Waals surface area contributed by atoms with E-state index in [0.29, 0.717) is 38.3 Å². The number of ether oxygens (including phenoxy) is 1. The summed E-state index contributed by atoms with van der Waals surface area (Å²) in [6.45, 7) is 3.57. The van der Waals surface area contributed by atoms with E-state index in [0.717, 1.165) is 24.8 Å². The van der Waals surface area contributed by atoms with Crippen molar-refractivity contribution in [2.45, 2.75) is 45.6 Å². The molecule has 0 unspecified atom stereocenters. The Morgan fingerprint density at radius 2 is 1.96 bits per heavy atom. The Morgan fingerprint density at radius 1 is 1.17 bits per heavy atom. The molecule has 23 heavy (non-hydrogen) atoms. The average molecular weight is 315 g/mol. The van der Waals surface area contributed by atoms with E-state index < -0.39 is 0 Å². The van der Waals surface area contributed by atoms with Gasteiger partial charge in [0.2, 0.25) is 0 Å². The molecule has 0 atom stereocenters. The second-order valence-electron chi connectivity index (χ2n) is 5.89. The molecule has 124 valence electrons. The quantitative estimate of drug-likeness (QED) is 0.712. The first-order valence-electron chi connectivity index (χ1n) is 8.34. The summed E-state index contributed by atoms with van der Waals surface area (Å²) in [7, 11) is 0. The van der Waals surface area contributed by atoms with E-state index in [2.05, 4.69) is 6.08 Å². The van der Waals surface area contributed by atoms with Gasteiger partial charge in [0.25, 0.3) is 0 Å². The highest BCUT2D eigenvalue weighted by atomic mass is 16.6. The number of amides is 1. The topological polar surface area (TPSA) is 46.6 Å². The van der Waals surface area contributed by atoms with Crippen molar-refractivity contribution in [3.05, 3.63) is 47.5 Å². The van der Waals surface area contributed by atoms with Crippen molar-refractivity contribution in [1.82, 2.24) is 4.90 Å². The number of nitrogens with zero attached hydrogens (tertiary/aromatic N) is 1. The van der Waals surface area contributed by atoms with Crippen molar-refractivity contribution in [2.24, 2.45) is 0 Å². The number of carbonyl (C=O) groups is 2. The zero-order valence-corrected chi connectivity index (χ0v) is 13.8. The van der Waals surface area contributed by atoms with E-state index in [1.54, 1.807) is 4.90 Å². The number of carbonyl (C=O) groups excluding carboxylic acids is 2. The third kappa shape index (κ3) is 5.89. The summed E-state index contributed by atoms with van der Waals surface area (Å²) in [4.78, 5) is 25.3. The van der Waals surface area contributed by atoms with Crippen LogP contribution in [-0.4, -0.2) is 29.9 Å². The second kappa shape index (κ2) is 9.13. The number of hydrogen-bond donors (Lipinski definition) is 0. The first-order chi connectivity index (χ1) is 11.2. The zero-order valence-electron chi connectivity index (χ0n) is 13.8. The SMILES string of the molecule is CCCC(=O)CCC1=CCN(C(=O)OCc2ccccc2)CC1. The highest BCUT2D eigenvalue weighted by Crippen LogP contribution is 2.17. The maximum Gasteiger partial charge on any atom is 0.410 e. The summed E-state index contributed by atoms with van der Waals surface area (Å²) < 4.78 is 5.34. The lowest BCUT2D eigenvalue weighted by Crippen LogP contribution is -2.35. The van der Waals surface area contributed by atoms with Crippen LogP contribution in [0.4, 0.5) is 4.79 Å². The van der Waals surface area contributed by atoms with Crippen molar-refractivity contribution < 1.29 is 14.3 Å². The highest BCUT2D eigenvalue weighted by molar-refractivity contribution is 5.78. The standard InChI is InChI=1S/C19H25NO3/c1-2-6-18(21)10-9-16-11-13-20(14-12-16)19(22)23-15-17-7-4-3-5-8-17/h3-5,7-8,11H,2,6,9-10,12-15H2,1H3. The molecule has 0 aliphatic carbocycles. The van der Waals surface area contributed by atoms with Gasteiger partial charge in [0, 0.05) is 25.9 Å². The molecule has 1 aromatic rings.